The summed E-state index contributed by atoms with van der Waals surface area (Å²) in [6.07, 6.45) is 0.699. The van der Waals surface area contributed by atoms with Gasteiger partial charge in [-0.25, -0.2) is 18.6 Å². The number of nitrogens with zero attached hydrogens (tertiary/aromatic N) is 2. The van der Waals surface area contributed by atoms with Gasteiger partial charge < -0.3 is 10.4 Å². The van der Waals surface area contributed by atoms with E-state index in [1.165, 1.54) is 0 Å². The average molecular weight is 295 g/mol. The van der Waals surface area contributed by atoms with E-state index in [1.54, 1.807) is 0 Å². The first-order valence-electron chi connectivity index (χ1n) is 5.49. The third-order valence-electron chi connectivity index (χ3n) is 2.53. The van der Waals surface area contributed by atoms with Crippen molar-refractivity contribution >= 4 is 23.2 Å². The van der Waals surface area contributed by atoms with Gasteiger partial charge in [-0.1, -0.05) is 6.07 Å². The van der Waals surface area contributed by atoms with Crippen LogP contribution < -0.4 is 5.32 Å². The van der Waals surface area contributed by atoms with Crippen molar-refractivity contribution < 1.29 is 23.6 Å². The summed E-state index contributed by atoms with van der Waals surface area (Å²) in [7, 11) is 0. The minimum Gasteiger partial charge on any atom is -0.477 e. The largest absolute Gasteiger partial charge is 0.477 e. The molecule has 0 unspecified atom stereocenters. The Morgan fingerprint density at radius 2 is 1.95 bits per heavy atom. The number of hydrogen-bond donors (Lipinski definition) is 2. The number of para-hydroxylation sites is 1. The standard InChI is InChI=1S/C12H7F2N3O4/c13-7-2-1-3-8(14)11(7)16-10-4-6(12(18)19)9(5-15-10)17(20)21/h1-5H,(H,15,16)(H,18,19). The summed E-state index contributed by atoms with van der Waals surface area (Å²) in [4.78, 5) is 24.3. The molecule has 0 saturated heterocycles. The maximum Gasteiger partial charge on any atom is 0.342 e. The molecule has 0 saturated carbocycles. The molecular formula is C12H7F2N3O4. The lowest BCUT2D eigenvalue weighted by molar-refractivity contribution is -0.385. The van der Waals surface area contributed by atoms with Crippen molar-refractivity contribution in [1.29, 1.82) is 0 Å². The van der Waals surface area contributed by atoms with Gasteiger partial charge in [0, 0.05) is 6.07 Å². The number of anilines is 2. The fourth-order valence-electron chi connectivity index (χ4n) is 1.58. The normalized spacial score (nSPS) is 10.2. The van der Waals surface area contributed by atoms with E-state index in [1.807, 2.05) is 0 Å². The minimum absolute atomic E-state index is 0.234. The van der Waals surface area contributed by atoms with Gasteiger partial charge in [-0.2, -0.15) is 0 Å². The van der Waals surface area contributed by atoms with Crippen LogP contribution in [0.4, 0.5) is 26.0 Å². The number of halogens is 2. The van der Waals surface area contributed by atoms with Gasteiger partial charge in [0.25, 0.3) is 0 Å². The van der Waals surface area contributed by atoms with Crippen LogP contribution in [0.3, 0.4) is 0 Å². The van der Waals surface area contributed by atoms with Gasteiger partial charge in [-0.15, -0.1) is 0 Å². The van der Waals surface area contributed by atoms with Crippen LogP contribution in [-0.2, 0) is 0 Å². The molecule has 0 bridgehead atoms. The molecule has 0 fully saturated rings. The lowest BCUT2D eigenvalue weighted by Gasteiger charge is -2.08. The third kappa shape index (κ3) is 2.91. The highest BCUT2D eigenvalue weighted by Crippen LogP contribution is 2.25. The monoisotopic (exact) mass is 295 g/mol. The Morgan fingerprint density at radius 1 is 1.33 bits per heavy atom. The molecule has 1 aromatic carbocycles. The van der Waals surface area contributed by atoms with Crippen LogP contribution in [0.25, 0.3) is 0 Å². The fourth-order valence-corrected chi connectivity index (χ4v) is 1.58. The number of carboxylic acids is 1. The van der Waals surface area contributed by atoms with Gasteiger partial charge >= 0.3 is 11.7 Å². The maximum atomic E-state index is 13.4. The second-order valence-corrected chi connectivity index (χ2v) is 3.87. The summed E-state index contributed by atoms with van der Waals surface area (Å²) in [5.41, 5.74) is -1.90. The first-order valence-corrected chi connectivity index (χ1v) is 5.49. The molecule has 0 amide bonds. The fraction of sp³-hybridized carbons (Fsp3) is 0. The second kappa shape index (κ2) is 5.49. The van der Waals surface area contributed by atoms with E-state index >= 15 is 0 Å². The molecule has 9 heteroatoms. The third-order valence-corrected chi connectivity index (χ3v) is 2.53. The number of rotatable bonds is 4. The zero-order chi connectivity index (χ0) is 15.6. The molecule has 1 heterocycles. The van der Waals surface area contributed by atoms with Gasteiger partial charge in [0.15, 0.2) is 0 Å². The van der Waals surface area contributed by atoms with Crippen molar-refractivity contribution in [1.82, 2.24) is 4.98 Å². The Labute approximate surface area is 116 Å². The molecule has 21 heavy (non-hydrogen) atoms. The van der Waals surface area contributed by atoms with Gasteiger partial charge in [0.05, 0.1) is 4.92 Å². The highest BCUT2D eigenvalue weighted by atomic mass is 19.1. The molecule has 0 spiro atoms. The number of carboxylic acid groups (broad SMARTS) is 1. The van der Waals surface area contributed by atoms with Crippen LogP contribution >= 0.6 is 0 Å². The van der Waals surface area contributed by atoms with Crippen LogP contribution in [0.1, 0.15) is 10.4 Å². The molecule has 0 atom stereocenters. The smallest absolute Gasteiger partial charge is 0.342 e. The number of carbonyl (C=O) groups is 1. The first kappa shape index (κ1) is 14.3. The van der Waals surface area contributed by atoms with Gasteiger partial charge in [-0.3, -0.25) is 10.1 Å². The number of aromatic nitrogens is 1. The highest BCUT2D eigenvalue weighted by molar-refractivity contribution is 5.93. The molecule has 0 aliphatic carbocycles. The SMILES string of the molecule is O=C(O)c1cc(Nc2c(F)cccc2F)ncc1[N+](=O)[O-]. The van der Waals surface area contributed by atoms with Crippen molar-refractivity contribution in [2.45, 2.75) is 0 Å². The Hall–Kier alpha value is -3.10. The van der Waals surface area contributed by atoms with Crippen molar-refractivity contribution in [2.24, 2.45) is 0 Å². The van der Waals surface area contributed by atoms with E-state index in [-0.39, 0.29) is 5.82 Å². The highest BCUT2D eigenvalue weighted by Gasteiger charge is 2.21. The van der Waals surface area contributed by atoms with Crippen molar-refractivity contribution in [3.05, 3.63) is 57.8 Å². The predicted molar refractivity (Wildman–Crippen MR) is 67.5 cm³/mol. The Bertz CT molecular complexity index is 716. The summed E-state index contributed by atoms with van der Waals surface area (Å²) in [6.45, 7) is 0. The van der Waals surface area contributed by atoms with E-state index in [0.29, 0.717) is 6.20 Å². The summed E-state index contributed by atoms with van der Waals surface area (Å²) in [5, 5.41) is 21.8. The molecule has 2 N–H and O–H groups in total. The van der Waals surface area contributed by atoms with Crippen LogP contribution in [0, 0.1) is 21.7 Å². The molecule has 0 radical (unpaired) electrons. The molecule has 7 nitrogen and oxygen atoms in total. The van der Waals surface area contributed by atoms with Crippen molar-refractivity contribution in [3.63, 3.8) is 0 Å². The van der Waals surface area contributed by atoms with Crippen LogP contribution in [0.2, 0.25) is 0 Å². The van der Waals surface area contributed by atoms with E-state index in [9.17, 15) is 23.7 Å². The molecule has 1 aromatic heterocycles. The number of pyridine rings is 1. The number of nitrogens with one attached hydrogen (secondary N) is 1. The molecule has 0 aliphatic rings. The van der Waals surface area contributed by atoms with E-state index < -0.39 is 39.5 Å². The number of benzene rings is 1. The number of aromatic carboxylic acids is 1. The van der Waals surface area contributed by atoms with E-state index in [4.69, 9.17) is 5.11 Å². The van der Waals surface area contributed by atoms with Crippen LogP contribution in [-0.4, -0.2) is 21.0 Å². The lowest BCUT2D eigenvalue weighted by Crippen LogP contribution is -2.06. The van der Waals surface area contributed by atoms with Gasteiger partial charge in [0.1, 0.15) is 34.9 Å². The molecular weight excluding hydrogens is 288 g/mol. The summed E-state index contributed by atoms with van der Waals surface area (Å²) in [6, 6.07) is 3.97. The Kier molecular flexibility index (Phi) is 3.74. The summed E-state index contributed by atoms with van der Waals surface area (Å²) >= 11 is 0. The maximum absolute atomic E-state index is 13.4. The zero-order valence-electron chi connectivity index (χ0n) is 10.2. The summed E-state index contributed by atoms with van der Waals surface area (Å²) in [5.74, 6) is -3.61. The second-order valence-electron chi connectivity index (χ2n) is 3.87. The van der Waals surface area contributed by atoms with Crippen LogP contribution in [0.5, 0.6) is 0 Å². The zero-order valence-corrected chi connectivity index (χ0v) is 10.2. The average Bonchev–Trinajstić information content (AvgIpc) is 2.42. The Balaban J connectivity index is 2.44. The molecule has 2 aromatic rings. The summed E-state index contributed by atoms with van der Waals surface area (Å²) < 4.78 is 26.9. The van der Waals surface area contributed by atoms with Crippen LogP contribution in [0.15, 0.2) is 30.5 Å². The minimum atomic E-state index is -1.55. The molecule has 0 aliphatic heterocycles. The lowest BCUT2D eigenvalue weighted by atomic mass is 10.2. The van der Waals surface area contributed by atoms with E-state index in [0.717, 1.165) is 24.3 Å². The molecule has 108 valence electrons. The van der Waals surface area contributed by atoms with Crippen molar-refractivity contribution in [2.75, 3.05) is 5.32 Å². The predicted octanol–water partition coefficient (Wildman–Crippen LogP) is 2.71. The molecule has 2 rings (SSSR count). The van der Waals surface area contributed by atoms with Gasteiger partial charge in [-0.05, 0) is 12.1 Å². The number of hydrogen-bond acceptors (Lipinski definition) is 5. The Morgan fingerprint density at radius 3 is 2.48 bits per heavy atom. The van der Waals surface area contributed by atoms with Crippen molar-refractivity contribution in [3.8, 4) is 0 Å². The number of nitro groups is 1. The van der Waals surface area contributed by atoms with E-state index in [2.05, 4.69) is 10.3 Å². The first-order chi connectivity index (χ1) is 9.90. The quantitative estimate of drug-likeness (QED) is 0.663. The van der Waals surface area contributed by atoms with Gasteiger partial charge in [0.2, 0.25) is 0 Å². The topological polar surface area (TPSA) is 105 Å².